The van der Waals surface area contributed by atoms with Crippen molar-refractivity contribution < 1.29 is 40.7 Å². The molecule has 3 rings (SSSR count). The van der Waals surface area contributed by atoms with Gasteiger partial charge in [0.15, 0.2) is 5.78 Å². The van der Waals surface area contributed by atoms with Gasteiger partial charge in [0, 0.05) is 22.9 Å². The van der Waals surface area contributed by atoms with Gasteiger partial charge in [0.1, 0.15) is 11.8 Å². The average Bonchev–Trinajstić information content (AvgIpc) is 2.77. The molecule has 0 fully saturated rings. The number of hydrogen-bond donors (Lipinski definition) is 1. The Morgan fingerprint density at radius 2 is 1.56 bits per heavy atom. The van der Waals surface area contributed by atoms with Crippen LogP contribution in [-0.4, -0.2) is 24.2 Å². The first-order chi connectivity index (χ1) is 16.7. The zero-order valence-corrected chi connectivity index (χ0v) is 19.4. The van der Waals surface area contributed by atoms with Crippen LogP contribution in [0.2, 0.25) is 0 Å². The molecule has 1 N–H and O–H groups in total. The van der Waals surface area contributed by atoms with Crippen LogP contribution in [0, 0.1) is 11.3 Å². The van der Waals surface area contributed by atoms with Gasteiger partial charge in [-0.3, -0.25) is 15.0 Å². The molecule has 11 heteroatoms. The highest BCUT2D eigenvalue weighted by atomic mass is 19.4. The summed E-state index contributed by atoms with van der Waals surface area (Å²) < 4.78 is 84.4. The molecule has 2 aromatic rings. The molecule has 36 heavy (non-hydrogen) atoms. The van der Waals surface area contributed by atoms with Gasteiger partial charge in [0.2, 0.25) is 0 Å². The molecule has 5 nitrogen and oxygen atoms in total. The molecule has 0 saturated carbocycles. The van der Waals surface area contributed by atoms with Gasteiger partial charge >= 0.3 is 18.3 Å². The van der Waals surface area contributed by atoms with E-state index in [4.69, 9.17) is 10.1 Å². The number of esters is 1. The van der Waals surface area contributed by atoms with Gasteiger partial charge < -0.3 is 9.64 Å². The Morgan fingerprint density at radius 1 is 0.972 bits per heavy atom. The normalized spacial score (nSPS) is 18.9. The quantitative estimate of drug-likeness (QED) is 0.375. The molecule has 1 aliphatic heterocycles. The van der Waals surface area contributed by atoms with Crippen molar-refractivity contribution in [2.75, 3.05) is 11.5 Å². The summed E-state index contributed by atoms with van der Waals surface area (Å²) >= 11 is 0. The van der Waals surface area contributed by atoms with Crippen LogP contribution in [0.1, 0.15) is 43.4 Å². The predicted octanol–water partition coefficient (Wildman–Crippen LogP) is 6.35. The number of halogens is 6. The highest BCUT2D eigenvalue weighted by Crippen LogP contribution is 2.44. The molecule has 2 unspecified atom stereocenters. The fourth-order valence-electron chi connectivity index (χ4n) is 4.34. The van der Waals surface area contributed by atoms with Crippen LogP contribution in [0.5, 0.6) is 0 Å². The third-order valence-electron chi connectivity index (χ3n) is 5.85. The number of rotatable bonds is 5. The largest absolute Gasteiger partial charge is 0.465 e. The molecule has 0 saturated heterocycles. The van der Waals surface area contributed by atoms with E-state index in [1.165, 1.54) is 26.8 Å². The van der Waals surface area contributed by atoms with Crippen molar-refractivity contribution in [3.05, 3.63) is 76.5 Å². The number of allylic oxidation sites excluding steroid dienone is 2. The number of nitrogens with zero attached hydrogens (tertiary/aromatic N) is 1. The Balaban J connectivity index is 2.26. The number of alkyl halides is 6. The van der Waals surface area contributed by atoms with E-state index in [-0.39, 0.29) is 29.1 Å². The molecule has 0 aliphatic carbocycles. The van der Waals surface area contributed by atoms with E-state index in [9.17, 15) is 35.9 Å². The van der Waals surface area contributed by atoms with E-state index in [0.29, 0.717) is 0 Å². The molecule has 0 bridgehead atoms. The summed E-state index contributed by atoms with van der Waals surface area (Å²) in [5.41, 5.74) is -1.84. The van der Waals surface area contributed by atoms with Gasteiger partial charge in [-0.15, -0.1) is 0 Å². The Hall–Kier alpha value is -3.63. The number of Topliss-reactive ketones (excluding diaryl/α,β-unsaturated/α-hetero) is 1. The fourth-order valence-corrected chi connectivity index (χ4v) is 4.34. The van der Waals surface area contributed by atoms with Crippen LogP contribution in [-0.2, 0) is 26.7 Å². The third-order valence-corrected chi connectivity index (χ3v) is 5.85. The van der Waals surface area contributed by atoms with Crippen molar-refractivity contribution in [1.29, 1.82) is 5.41 Å². The van der Waals surface area contributed by atoms with Crippen LogP contribution >= 0.6 is 0 Å². The van der Waals surface area contributed by atoms with E-state index in [1.807, 2.05) is 0 Å². The third kappa shape index (κ3) is 5.14. The number of benzene rings is 2. The van der Waals surface area contributed by atoms with Crippen LogP contribution < -0.4 is 4.90 Å². The molecule has 1 aliphatic rings. The molecular weight excluding hydrogens is 490 g/mol. The van der Waals surface area contributed by atoms with E-state index >= 15 is 0 Å². The lowest BCUT2D eigenvalue weighted by molar-refractivity contribution is -0.146. The standard InChI is InChI=1S/C25H22F6N2O3/c1-4-36-23(35)21-20(15-8-10-16(11-9-15)24(26,27)28)19(14(3)34)13(2)33(22(21)32)18-7-5-6-17(12-18)25(29,30)31/h5-12,20-21,32H,4H2,1-3H3. The first-order valence-electron chi connectivity index (χ1n) is 10.8. The van der Waals surface area contributed by atoms with Gasteiger partial charge in [0.05, 0.1) is 17.7 Å². The van der Waals surface area contributed by atoms with Crippen LogP contribution in [0.15, 0.2) is 59.8 Å². The number of nitrogens with one attached hydrogen (secondary N) is 1. The van der Waals surface area contributed by atoms with Crippen molar-refractivity contribution >= 4 is 23.3 Å². The summed E-state index contributed by atoms with van der Waals surface area (Å²) in [6, 6.07) is 7.89. The van der Waals surface area contributed by atoms with Crippen LogP contribution in [0.3, 0.4) is 0 Å². The zero-order valence-electron chi connectivity index (χ0n) is 19.4. The lowest BCUT2D eigenvalue weighted by atomic mass is 9.74. The first kappa shape index (κ1) is 27.0. The Labute approximate surface area is 202 Å². The first-order valence-corrected chi connectivity index (χ1v) is 10.8. The Morgan fingerprint density at radius 3 is 2.06 bits per heavy atom. The number of amidine groups is 1. The molecule has 2 aromatic carbocycles. The van der Waals surface area contributed by atoms with Gasteiger partial charge in [-0.2, -0.15) is 26.3 Å². The molecular formula is C25H22F6N2O3. The lowest BCUT2D eigenvalue weighted by Crippen LogP contribution is -2.48. The fraction of sp³-hybridized carbons (Fsp3) is 0.320. The summed E-state index contributed by atoms with van der Waals surface area (Å²) in [6.07, 6.45) is -9.30. The second-order valence-electron chi connectivity index (χ2n) is 8.15. The highest BCUT2D eigenvalue weighted by molar-refractivity contribution is 6.15. The van der Waals surface area contributed by atoms with Gasteiger partial charge in [0.25, 0.3) is 0 Å². The summed E-state index contributed by atoms with van der Waals surface area (Å²) in [7, 11) is 0. The highest BCUT2D eigenvalue weighted by Gasteiger charge is 2.46. The topological polar surface area (TPSA) is 70.5 Å². The minimum atomic E-state index is -4.68. The number of carbonyl (C=O) groups is 2. The maximum absolute atomic E-state index is 13.3. The molecule has 0 aromatic heterocycles. The summed E-state index contributed by atoms with van der Waals surface area (Å²) in [4.78, 5) is 26.9. The molecule has 0 spiro atoms. The second-order valence-corrected chi connectivity index (χ2v) is 8.15. The monoisotopic (exact) mass is 512 g/mol. The number of hydrogen-bond acceptors (Lipinski definition) is 4. The minimum Gasteiger partial charge on any atom is -0.465 e. The van der Waals surface area contributed by atoms with Crippen molar-refractivity contribution in [1.82, 2.24) is 0 Å². The average molecular weight is 512 g/mol. The SMILES string of the molecule is CCOC(=O)C1C(=N)N(c2cccc(C(F)(F)F)c2)C(C)=C(C(C)=O)C1c1ccc(C(F)(F)F)cc1. The van der Waals surface area contributed by atoms with E-state index in [2.05, 4.69) is 0 Å². The summed E-state index contributed by atoms with van der Waals surface area (Å²) in [5, 5.41) is 8.78. The van der Waals surface area contributed by atoms with E-state index < -0.39 is 52.9 Å². The summed E-state index contributed by atoms with van der Waals surface area (Å²) in [6.45, 7) is 4.00. The number of carbonyl (C=O) groups excluding carboxylic acids is 2. The maximum Gasteiger partial charge on any atom is 0.416 e. The second kappa shape index (κ2) is 9.79. The predicted molar refractivity (Wildman–Crippen MR) is 119 cm³/mol. The van der Waals surface area contributed by atoms with Gasteiger partial charge in [-0.25, -0.2) is 0 Å². The number of ketones is 1. The molecule has 1 heterocycles. The Bertz CT molecular complexity index is 1220. The summed E-state index contributed by atoms with van der Waals surface area (Å²) in [5.74, 6) is -4.65. The minimum absolute atomic E-state index is 0.0266. The zero-order chi connectivity index (χ0) is 27.0. The van der Waals surface area contributed by atoms with Crippen molar-refractivity contribution in [2.24, 2.45) is 5.92 Å². The lowest BCUT2D eigenvalue weighted by Gasteiger charge is -2.41. The van der Waals surface area contributed by atoms with Crippen molar-refractivity contribution in [2.45, 2.75) is 39.0 Å². The van der Waals surface area contributed by atoms with Crippen LogP contribution in [0.25, 0.3) is 0 Å². The smallest absolute Gasteiger partial charge is 0.416 e. The Kier molecular flexibility index (Phi) is 7.33. The van der Waals surface area contributed by atoms with E-state index in [1.54, 1.807) is 0 Å². The van der Waals surface area contributed by atoms with E-state index in [0.717, 1.165) is 47.4 Å². The maximum atomic E-state index is 13.3. The van der Waals surface area contributed by atoms with Gasteiger partial charge in [-0.1, -0.05) is 18.2 Å². The van der Waals surface area contributed by atoms with Crippen molar-refractivity contribution in [3.8, 4) is 0 Å². The molecule has 0 radical (unpaired) electrons. The molecule has 0 amide bonds. The van der Waals surface area contributed by atoms with Crippen LogP contribution in [0.4, 0.5) is 32.0 Å². The molecule has 192 valence electrons. The number of ether oxygens (including phenoxy) is 1. The number of anilines is 1. The van der Waals surface area contributed by atoms with Crippen molar-refractivity contribution in [3.63, 3.8) is 0 Å². The molecule has 2 atom stereocenters. The van der Waals surface area contributed by atoms with Gasteiger partial charge in [-0.05, 0) is 56.7 Å².